The lowest BCUT2D eigenvalue weighted by Crippen LogP contribution is -2.35. The van der Waals surface area contributed by atoms with Gasteiger partial charge >= 0.3 is 6.09 Å². The molecule has 6 nitrogen and oxygen atoms in total. The zero-order chi connectivity index (χ0) is 16.8. The molecule has 1 rings (SSSR count). The van der Waals surface area contributed by atoms with Crippen molar-refractivity contribution in [3.8, 4) is 0 Å². The highest BCUT2D eigenvalue weighted by Gasteiger charge is 2.20. The van der Waals surface area contributed by atoms with E-state index in [1.165, 1.54) is 0 Å². The second-order valence-corrected chi connectivity index (χ2v) is 5.74. The predicted octanol–water partition coefficient (Wildman–Crippen LogP) is 2.20. The van der Waals surface area contributed by atoms with Crippen molar-refractivity contribution < 1.29 is 19.1 Å². The van der Waals surface area contributed by atoms with Crippen LogP contribution in [0.25, 0.3) is 0 Å². The highest BCUT2D eigenvalue weighted by molar-refractivity contribution is 5.94. The molecule has 0 fully saturated rings. The molecule has 1 unspecified atom stereocenters. The van der Waals surface area contributed by atoms with Crippen molar-refractivity contribution in [3.63, 3.8) is 0 Å². The minimum absolute atomic E-state index is 0.230. The first-order valence-corrected chi connectivity index (χ1v) is 7.09. The second-order valence-electron chi connectivity index (χ2n) is 5.74. The van der Waals surface area contributed by atoms with E-state index in [0.717, 1.165) is 0 Å². The summed E-state index contributed by atoms with van der Waals surface area (Å²) in [5.41, 5.74) is 0.294. The molecule has 6 heteroatoms. The monoisotopic (exact) mass is 306 g/mol. The largest absolute Gasteiger partial charge is 0.444 e. The number of aldehydes is 1. The number of ether oxygens (including phenoxy) is 1. The summed E-state index contributed by atoms with van der Waals surface area (Å²) >= 11 is 0. The van der Waals surface area contributed by atoms with Gasteiger partial charge in [0.2, 0.25) is 0 Å². The maximum Gasteiger partial charge on any atom is 0.408 e. The van der Waals surface area contributed by atoms with E-state index in [9.17, 15) is 14.4 Å². The summed E-state index contributed by atoms with van der Waals surface area (Å²) in [6, 6.07) is 5.67. The average Bonchev–Trinajstić information content (AvgIpc) is 2.43. The van der Waals surface area contributed by atoms with Crippen molar-refractivity contribution in [2.75, 3.05) is 6.54 Å². The molecule has 0 spiro atoms. The lowest BCUT2D eigenvalue weighted by molar-refractivity contribution is -0.109. The lowest BCUT2D eigenvalue weighted by Gasteiger charge is -2.21. The first-order chi connectivity index (χ1) is 10.3. The number of nitrogens with one attached hydrogen (secondary N) is 2. The average molecular weight is 306 g/mol. The molecule has 0 aromatic heterocycles. The maximum atomic E-state index is 11.8. The standard InChI is InChI=1S/C16H22N2O4/c1-5-17-14(20)12-8-6-7-11(9-12)13(10-19)18-15(21)22-16(2,3)4/h6-10,13H,5H2,1-4H3,(H,17,20)(H,18,21). The Hall–Kier alpha value is -2.37. The molecular formula is C16H22N2O4. The molecule has 0 radical (unpaired) electrons. The SMILES string of the molecule is CCNC(=O)c1cccc(C(C=O)NC(=O)OC(C)(C)C)c1. The van der Waals surface area contributed by atoms with Gasteiger partial charge in [-0.05, 0) is 45.4 Å². The Bertz CT molecular complexity index is 549. The number of hydrogen-bond donors (Lipinski definition) is 2. The molecule has 0 heterocycles. The Morgan fingerprint density at radius 1 is 1.32 bits per heavy atom. The Kier molecular flexibility index (Phi) is 6.10. The van der Waals surface area contributed by atoms with Crippen LogP contribution >= 0.6 is 0 Å². The first-order valence-electron chi connectivity index (χ1n) is 7.09. The van der Waals surface area contributed by atoms with E-state index in [4.69, 9.17) is 4.74 Å². The van der Waals surface area contributed by atoms with Gasteiger partial charge in [-0.2, -0.15) is 0 Å². The van der Waals surface area contributed by atoms with Crippen LogP contribution in [0.1, 0.15) is 49.7 Å². The predicted molar refractivity (Wildman–Crippen MR) is 82.6 cm³/mol. The third-order valence-electron chi connectivity index (χ3n) is 2.65. The quantitative estimate of drug-likeness (QED) is 0.817. The molecule has 0 saturated heterocycles. The van der Waals surface area contributed by atoms with Crippen molar-refractivity contribution in [3.05, 3.63) is 35.4 Å². The summed E-state index contributed by atoms with van der Waals surface area (Å²) in [4.78, 5) is 34.8. The van der Waals surface area contributed by atoms with E-state index in [1.807, 2.05) is 6.92 Å². The van der Waals surface area contributed by atoms with Gasteiger partial charge in [-0.1, -0.05) is 12.1 Å². The van der Waals surface area contributed by atoms with E-state index in [0.29, 0.717) is 24.0 Å². The van der Waals surface area contributed by atoms with Gasteiger partial charge in [-0.15, -0.1) is 0 Å². The van der Waals surface area contributed by atoms with Crippen LogP contribution in [0.5, 0.6) is 0 Å². The number of alkyl carbamates (subject to hydrolysis) is 1. The third-order valence-corrected chi connectivity index (χ3v) is 2.65. The normalized spacial score (nSPS) is 12.2. The van der Waals surface area contributed by atoms with Crippen LogP contribution in [-0.2, 0) is 9.53 Å². The van der Waals surface area contributed by atoms with Crippen molar-refractivity contribution >= 4 is 18.3 Å². The molecule has 22 heavy (non-hydrogen) atoms. The second kappa shape index (κ2) is 7.59. The van der Waals surface area contributed by atoms with Crippen LogP contribution in [0, 0.1) is 0 Å². The summed E-state index contributed by atoms with van der Waals surface area (Å²) in [6.45, 7) is 7.53. The van der Waals surface area contributed by atoms with E-state index in [1.54, 1.807) is 45.0 Å². The number of benzene rings is 1. The van der Waals surface area contributed by atoms with Crippen LogP contribution in [0.2, 0.25) is 0 Å². The molecule has 0 saturated carbocycles. The third kappa shape index (κ3) is 5.55. The highest BCUT2D eigenvalue weighted by atomic mass is 16.6. The van der Waals surface area contributed by atoms with E-state index in [-0.39, 0.29) is 5.91 Å². The first kappa shape index (κ1) is 17.7. The van der Waals surface area contributed by atoms with Gasteiger partial charge < -0.3 is 20.2 Å². The number of hydrogen-bond acceptors (Lipinski definition) is 4. The van der Waals surface area contributed by atoms with Gasteiger partial charge in [0.05, 0.1) is 0 Å². The zero-order valence-corrected chi connectivity index (χ0v) is 13.3. The lowest BCUT2D eigenvalue weighted by atomic mass is 10.0. The van der Waals surface area contributed by atoms with Crippen molar-refractivity contribution in [2.45, 2.75) is 39.3 Å². The highest BCUT2D eigenvalue weighted by Crippen LogP contribution is 2.15. The van der Waals surface area contributed by atoms with Gasteiger partial charge in [-0.3, -0.25) is 4.79 Å². The minimum atomic E-state index is -0.871. The molecule has 1 aromatic rings. The number of carbonyl (C=O) groups excluding carboxylic acids is 3. The molecule has 1 atom stereocenters. The van der Waals surface area contributed by atoms with Gasteiger partial charge in [-0.25, -0.2) is 4.79 Å². The van der Waals surface area contributed by atoms with Gasteiger partial charge in [0.1, 0.15) is 17.9 Å². The van der Waals surface area contributed by atoms with Crippen LogP contribution in [0.15, 0.2) is 24.3 Å². The Labute approximate surface area is 130 Å². The molecule has 1 aromatic carbocycles. The van der Waals surface area contributed by atoms with Crippen molar-refractivity contribution in [1.82, 2.24) is 10.6 Å². The van der Waals surface area contributed by atoms with E-state index >= 15 is 0 Å². The molecule has 0 bridgehead atoms. The fraction of sp³-hybridized carbons (Fsp3) is 0.438. The molecule has 2 N–H and O–H groups in total. The van der Waals surface area contributed by atoms with Crippen LogP contribution in [0.4, 0.5) is 4.79 Å². The Balaban J connectivity index is 2.87. The number of amides is 2. The minimum Gasteiger partial charge on any atom is -0.444 e. The summed E-state index contributed by atoms with van der Waals surface area (Å²) in [5.74, 6) is -0.230. The van der Waals surface area contributed by atoms with Crippen LogP contribution < -0.4 is 10.6 Å². The molecule has 120 valence electrons. The van der Waals surface area contributed by atoms with Gasteiger partial charge in [0.15, 0.2) is 0 Å². The fourth-order valence-electron chi connectivity index (χ4n) is 1.77. The Morgan fingerprint density at radius 3 is 2.55 bits per heavy atom. The van der Waals surface area contributed by atoms with E-state index < -0.39 is 17.7 Å². The Morgan fingerprint density at radius 2 is 2.00 bits per heavy atom. The topological polar surface area (TPSA) is 84.5 Å². The maximum absolute atomic E-state index is 11.8. The van der Waals surface area contributed by atoms with Crippen molar-refractivity contribution in [1.29, 1.82) is 0 Å². The van der Waals surface area contributed by atoms with E-state index in [2.05, 4.69) is 10.6 Å². The van der Waals surface area contributed by atoms with Crippen LogP contribution in [-0.4, -0.2) is 30.4 Å². The number of rotatable bonds is 5. The van der Waals surface area contributed by atoms with Gasteiger partial charge in [0.25, 0.3) is 5.91 Å². The molecule has 0 aliphatic rings. The molecular weight excluding hydrogens is 284 g/mol. The summed E-state index contributed by atoms with van der Waals surface area (Å²) in [6.07, 6.45) is -0.0891. The van der Waals surface area contributed by atoms with Gasteiger partial charge in [0, 0.05) is 12.1 Å². The van der Waals surface area contributed by atoms with Crippen molar-refractivity contribution in [2.24, 2.45) is 0 Å². The number of carbonyl (C=O) groups is 3. The van der Waals surface area contributed by atoms with Crippen LogP contribution in [0.3, 0.4) is 0 Å². The summed E-state index contributed by atoms with van der Waals surface area (Å²) < 4.78 is 5.12. The smallest absolute Gasteiger partial charge is 0.408 e. The summed E-state index contributed by atoms with van der Waals surface area (Å²) in [7, 11) is 0. The molecule has 0 aliphatic heterocycles. The molecule has 2 amide bonds. The zero-order valence-electron chi connectivity index (χ0n) is 13.3. The summed E-state index contributed by atoms with van der Waals surface area (Å²) in [5, 5.41) is 5.16. The fourth-order valence-corrected chi connectivity index (χ4v) is 1.77. The molecule has 0 aliphatic carbocycles.